The minimum atomic E-state index is -0.392. The van der Waals surface area contributed by atoms with Crippen molar-refractivity contribution >= 4 is 29.9 Å². The summed E-state index contributed by atoms with van der Waals surface area (Å²) in [5.74, 6) is -0.00491. The molecule has 1 saturated heterocycles. The number of β-amino-alcohol motifs (C(OH)–C–C–N with tert-alkyl or cyclic N) is 1. The van der Waals surface area contributed by atoms with Crippen LogP contribution in [-0.4, -0.2) is 42.7 Å². The van der Waals surface area contributed by atoms with Crippen LogP contribution < -0.4 is 16.0 Å². The minimum absolute atomic E-state index is 0. The summed E-state index contributed by atoms with van der Waals surface area (Å²) in [6, 6.07) is 7.32. The fourth-order valence-electron chi connectivity index (χ4n) is 2.81. The zero-order valence-corrected chi connectivity index (χ0v) is 16.5. The van der Waals surface area contributed by atoms with E-state index in [0.717, 1.165) is 17.8 Å². The molecular weight excluding hydrogens is 354 g/mol. The van der Waals surface area contributed by atoms with E-state index in [1.165, 1.54) is 0 Å². The van der Waals surface area contributed by atoms with E-state index in [9.17, 15) is 14.7 Å². The van der Waals surface area contributed by atoms with Gasteiger partial charge in [-0.05, 0) is 23.1 Å². The summed E-state index contributed by atoms with van der Waals surface area (Å²) in [5, 5.41) is 18.6. The number of aliphatic hydroxyl groups is 1. The largest absolute Gasteiger partial charge is 0.391 e. The van der Waals surface area contributed by atoms with Crippen molar-refractivity contribution in [2.75, 3.05) is 25.0 Å². The second-order valence-electron chi connectivity index (χ2n) is 7.95. The van der Waals surface area contributed by atoms with E-state index in [1.807, 2.05) is 45.0 Å². The van der Waals surface area contributed by atoms with Crippen LogP contribution in [0.25, 0.3) is 0 Å². The molecular formula is C19H30ClN3O3. The summed E-state index contributed by atoms with van der Waals surface area (Å²) in [4.78, 5) is 23.9. The Morgan fingerprint density at radius 2 is 1.81 bits per heavy atom. The lowest BCUT2D eigenvalue weighted by Gasteiger charge is -2.17. The van der Waals surface area contributed by atoms with Crippen molar-refractivity contribution in [1.29, 1.82) is 0 Å². The van der Waals surface area contributed by atoms with Gasteiger partial charge in [0.05, 0.1) is 12.5 Å². The van der Waals surface area contributed by atoms with Crippen LogP contribution in [0.2, 0.25) is 0 Å². The number of anilines is 1. The molecule has 7 heteroatoms. The number of rotatable bonds is 6. The maximum atomic E-state index is 12.0. The number of benzene rings is 1. The molecule has 2 atom stereocenters. The van der Waals surface area contributed by atoms with E-state index in [2.05, 4.69) is 16.0 Å². The Morgan fingerprint density at radius 3 is 2.35 bits per heavy atom. The van der Waals surface area contributed by atoms with Gasteiger partial charge in [-0.2, -0.15) is 0 Å². The summed E-state index contributed by atoms with van der Waals surface area (Å²) < 4.78 is 0. The van der Waals surface area contributed by atoms with Gasteiger partial charge in [-0.3, -0.25) is 9.59 Å². The van der Waals surface area contributed by atoms with Gasteiger partial charge in [-0.1, -0.05) is 32.9 Å². The van der Waals surface area contributed by atoms with Crippen LogP contribution in [0, 0.1) is 11.3 Å². The quantitative estimate of drug-likeness (QED) is 0.602. The van der Waals surface area contributed by atoms with Gasteiger partial charge in [-0.15, -0.1) is 12.4 Å². The molecule has 0 spiro atoms. The number of aliphatic hydroxyl groups excluding tert-OH is 1. The average Bonchev–Trinajstić information content (AvgIpc) is 2.90. The fourth-order valence-corrected chi connectivity index (χ4v) is 2.81. The summed E-state index contributed by atoms with van der Waals surface area (Å²) in [6.45, 7) is 7.86. The molecule has 2 rings (SSSR count). The Morgan fingerprint density at radius 1 is 1.15 bits per heavy atom. The van der Waals surface area contributed by atoms with Crippen molar-refractivity contribution in [3.05, 3.63) is 29.8 Å². The first-order valence-corrected chi connectivity index (χ1v) is 8.77. The lowest BCUT2D eigenvalue weighted by atomic mass is 9.92. The van der Waals surface area contributed by atoms with Crippen LogP contribution in [-0.2, 0) is 16.0 Å². The first-order valence-electron chi connectivity index (χ1n) is 8.77. The van der Waals surface area contributed by atoms with Gasteiger partial charge in [0.25, 0.3) is 0 Å². The third-order valence-electron chi connectivity index (χ3n) is 4.16. The van der Waals surface area contributed by atoms with E-state index < -0.39 is 6.10 Å². The van der Waals surface area contributed by atoms with Crippen molar-refractivity contribution in [2.24, 2.45) is 11.3 Å². The summed E-state index contributed by atoms with van der Waals surface area (Å²) in [6.07, 6.45) is 0.349. The van der Waals surface area contributed by atoms with Gasteiger partial charge in [0, 0.05) is 37.7 Å². The van der Waals surface area contributed by atoms with E-state index in [0.29, 0.717) is 19.5 Å². The maximum Gasteiger partial charge on any atom is 0.224 e. The van der Waals surface area contributed by atoms with Gasteiger partial charge in [0.15, 0.2) is 0 Å². The number of hydrogen-bond donors (Lipinski definition) is 4. The first kappa shape index (κ1) is 22.4. The molecule has 0 radical (unpaired) electrons. The third kappa shape index (κ3) is 7.72. The second-order valence-corrected chi connectivity index (χ2v) is 7.95. The fraction of sp³-hybridized carbons (Fsp3) is 0.579. The van der Waals surface area contributed by atoms with E-state index >= 15 is 0 Å². The molecule has 2 unspecified atom stereocenters. The zero-order chi connectivity index (χ0) is 18.4. The Bertz CT molecular complexity index is 599. The predicted octanol–water partition coefficient (Wildman–Crippen LogP) is 1.72. The molecule has 0 aliphatic carbocycles. The highest BCUT2D eigenvalue weighted by molar-refractivity contribution is 5.91. The highest BCUT2D eigenvalue weighted by Crippen LogP contribution is 2.19. The Kier molecular flexibility index (Phi) is 8.53. The highest BCUT2D eigenvalue weighted by Gasteiger charge is 2.24. The molecule has 0 saturated carbocycles. The Balaban J connectivity index is 0.00000338. The van der Waals surface area contributed by atoms with E-state index in [1.54, 1.807) is 0 Å². The topological polar surface area (TPSA) is 90.5 Å². The third-order valence-corrected chi connectivity index (χ3v) is 4.16. The molecule has 1 heterocycles. The molecule has 26 heavy (non-hydrogen) atoms. The van der Waals surface area contributed by atoms with Crippen molar-refractivity contribution in [2.45, 2.75) is 39.7 Å². The Hall–Kier alpha value is -1.63. The molecule has 1 aliphatic rings. The highest BCUT2D eigenvalue weighted by atomic mass is 35.5. The zero-order valence-electron chi connectivity index (χ0n) is 15.7. The van der Waals surface area contributed by atoms with Crippen LogP contribution in [0.5, 0.6) is 0 Å². The SMILES string of the molecule is CC(C)(C)CC(=O)Nc1ccc(CC(=O)NCC2CNCC2O)cc1.Cl. The van der Waals surface area contributed by atoms with E-state index in [4.69, 9.17) is 0 Å². The number of amides is 2. The summed E-state index contributed by atoms with van der Waals surface area (Å²) >= 11 is 0. The van der Waals surface area contributed by atoms with Gasteiger partial charge in [-0.25, -0.2) is 0 Å². The number of carbonyl (C=O) groups is 2. The van der Waals surface area contributed by atoms with Crippen LogP contribution in [0.4, 0.5) is 5.69 Å². The van der Waals surface area contributed by atoms with Crippen molar-refractivity contribution < 1.29 is 14.7 Å². The van der Waals surface area contributed by atoms with Crippen LogP contribution >= 0.6 is 12.4 Å². The molecule has 6 nitrogen and oxygen atoms in total. The molecule has 1 aromatic carbocycles. The van der Waals surface area contributed by atoms with Crippen LogP contribution in [0.15, 0.2) is 24.3 Å². The normalized spacial score (nSPS) is 19.5. The van der Waals surface area contributed by atoms with Crippen molar-refractivity contribution in [1.82, 2.24) is 10.6 Å². The molecule has 1 fully saturated rings. The van der Waals surface area contributed by atoms with Crippen LogP contribution in [0.1, 0.15) is 32.8 Å². The summed E-state index contributed by atoms with van der Waals surface area (Å²) in [7, 11) is 0. The molecule has 0 bridgehead atoms. The minimum Gasteiger partial charge on any atom is -0.391 e. The monoisotopic (exact) mass is 383 g/mol. The molecule has 1 aromatic rings. The van der Waals surface area contributed by atoms with Crippen molar-refractivity contribution in [3.63, 3.8) is 0 Å². The summed E-state index contributed by atoms with van der Waals surface area (Å²) in [5.41, 5.74) is 1.57. The van der Waals surface area contributed by atoms with Gasteiger partial charge >= 0.3 is 0 Å². The lowest BCUT2D eigenvalue weighted by molar-refractivity contribution is -0.120. The smallest absolute Gasteiger partial charge is 0.224 e. The number of halogens is 1. The number of hydrogen-bond acceptors (Lipinski definition) is 4. The average molecular weight is 384 g/mol. The predicted molar refractivity (Wildman–Crippen MR) is 105 cm³/mol. The van der Waals surface area contributed by atoms with Gasteiger partial charge in [0.1, 0.15) is 0 Å². The Labute approximate surface area is 161 Å². The number of carbonyl (C=O) groups excluding carboxylic acids is 2. The molecule has 1 aliphatic heterocycles. The first-order chi connectivity index (χ1) is 11.7. The molecule has 146 valence electrons. The lowest BCUT2D eigenvalue weighted by Crippen LogP contribution is -2.35. The van der Waals surface area contributed by atoms with E-state index in [-0.39, 0.29) is 42.0 Å². The molecule has 4 N–H and O–H groups in total. The number of nitrogens with one attached hydrogen (secondary N) is 3. The van der Waals surface area contributed by atoms with Crippen LogP contribution in [0.3, 0.4) is 0 Å². The maximum absolute atomic E-state index is 12.0. The molecule has 0 aromatic heterocycles. The standard InChI is InChI=1S/C19H29N3O3.ClH/c1-19(2,3)9-18(25)22-15-6-4-13(5-7-15)8-17(24)21-11-14-10-20-12-16(14)23;/h4-7,14,16,20,23H,8-12H2,1-3H3,(H,21,24)(H,22,25);1H. The van der Waals surface area contributed by atoms with Gasteiger partial charge in [0.2, 0.25) is 11.8 Å². The molecule has 2 amide bonds. The van der Waals surface area contributed by atoms with Gasteiger partial charge < -0.3 is 21.1 Å². The second kappa shape index (κ2) is 9.90. The van der Waals surface area contributed by atoms with Crippen molar-refractivity contribution in [3.8, 4) is 0 Å².